The van der Waals surface area contributed by atoms with E-state index in [9.17, 15) is 22.4 Å². The molecule has 0 unspecified atom stereocenters. The van der Waals surface area contributed by atoms with Crippen molar-refractivity contribution in [3.8, 4) is 0 Å². The minimum Gasteiger partial charge on any atom is -0.354 e. The van der Waals surface area contributed by atoms with Crippen LogP contribution in [-0.2, 0) is 26.2 Å². The summed E-state index contributed by atoms with van der Waals surface area (Å²) in [5.41, 5.74) is 0.680. The van der Waals surface area contributed by atoms with Crippen LogP contribution in [0, 0.1) is 5.82 Å². The fraction of sp³-hybridized carbons (Fsp3) is 0.391. The zero-order valence-corrected chi connectivity index (χ0v) is 21.6. The van der Waals surface area contributed by atoms with Gasteiger partial charge in [0.25, 0.3) is 0 Å². The Labute approximate surface area is 209 Å². The number of nitrogens with one attached hydrogen (secondary N) is 1. The Morgan fingerprint density at radius 3 is 2.26 bits per heavy atom. The molecule has 1 atom stereocenters. The second kappa shape index (κ2) is 12.4. The molecule has 0 aliphatic carbocycles. The normalized spacial score (nSPS) is 12.2. The average molecular weight is 532 g/mol. The molecule has 186 valence electrons. The van der Waals surface area contributed by atoms with E-state index in [-0.39, 0.29) is 23.2 Å². The Balaban J connectivity index is 2.44. The van der Waals surface area contributed by atoms with Gasteiger partial charge in [0, 0.05) is 18.1 Å². The molecule has 7 nitrogen and oxygen atoms in total. The van der Waals surface area contributed by atoms with Crippen LogP contribution in [0.25, 0.3) is 0 Å². The summed E-state index contributed by atoms with van der Waals surface area (Å²) < 4.78 is 39.4. The van der Waals surface area contributed by atoms with Gasteiger partial charge < -0.3 is 10.2 Å². The number of anilines is 1. The summed E-state index contributed by atoms with van der Waals surface area (Å²) in [6, 6.07) is 8.94. The second-order valence-electron chi connectivity index (χ2n) is 7.73. The Kier molecular flexibility index (Phi) is 10.1. The maximum absolute atomic E-state index is 13.5. The number of halogens is 3. The summed E-state index contributed by atoms with van der Waals surface area (Å²) in [5.74, 6) is -1.40. The predicted molar refractivity (Wildman–Crippen MR) is 133 cm³/mol. The molecule has 0 radical (unpaired) electrons. The molecule has 0 aliphatic heterocycles. The number of carbonyl (C=O) groups excluding carboxylic acids is 2. The van der Waals surface area contributed by atoms with Gasteiger partial charge in [-0.1, -0.05) is 49.2 Å². The highest BCUT2D eigenvalue weighted by molar-refractivity contribution is 7.92. The fourth-order valence-corrected chi connectivity index (χ4v) is 4.77. The topological polar surface area (TPSA) is 86.8 Å². The molecule has 0 spiro atoms. The molecule has 2 amide bonds. The molecule has 2 aromatic rings. The SMILES string of the molecule is CCCNC(=O)[C@H](CC)N(Cc1ccc(F)cc1)C(=O)CN(c1ccc(Cl)cc1Cl)S(C)(=O)=O. The first-order valence-corrected chi connectivity index (χ1v) is 13.3. The monoisotopic (exact) mass is 531 g/mol. The van der Waals surface area contributed by atoms with E-state index in [0.29, 0.717) is 30.0 Å². The molecule has 0 fully saturated rings. The van der Waals surface area contributed by atoms with Crippen LogP contribution in [0.5, 0.6) is 0 Å². The molecule has 0 saturated heterocycles. The van der Waals surface area contributed by atoms with Crippen molar-refractivity contribution < 1.29 is 22.4 Å². The van der Waals surface area contributed by atoms with Crippen LogP contribution in [0.3, 0.4) is 0 Å². The third kappa shape index (κ3) is 7.58. The van der Waals surface area contributed by atoms with Gasteiger partial charge in [-0.25, -0.2) is 12.8 Å². The lowest BCUT2D eigenvalue weighted by atomic mass is 10.1. The van der Waals surface area contributed by atoms with Crippen molar-refractivity contribution in [1.29, 1.82) is 0 Å². The zero-order chi connectivity index (χ0) is 25.5. The van der Waals surface area contributed by atoms with Crippen LogP contribution in [-0.4, -0.2) is 50.5 Å². The first kappa shape index (κ1) is 27.9. The maximum atomic E-state index is 13.5. The highest BCUT2D eigenvalue weighted by Crippen LogP contribution is 2.30. The lowest BCUT2D eigenvalue weighted by Crippen LogP contribution is -2.52. The van der Waals surface area contributed by atoms with Gasteiger partial charge in [-0.2, -0.15) is 0 Å². The number of amides is 2. The smallest absolute Gasteiger partial charge is 0.244 e. The molecular weight excluding hydrogens is 504 g/mol. The second-order valence-corrected chi connectivity index (χ2v) is 10.5. The van der Waals surface area contributed by atoms with Crippen LogP contribution < -0.4 is 9.62 Å². The molecule has 2 rings (SSSR count). The molecule has 11 heteroatoms. The van der Waals surface area contributed by atoms with E-state index < -0.39 is 34.3 Å². The minimum absolute atomic E-state index is 0.0108. The Morgan fingerprint density at radius 2 is 1.74 bits per heavy atom. The van der Waals surface area contributed by atoms with Crippen LogP contribution in [0.15, 0.2) is 42.5 Å². The molecule has 1 N–H and O–H groups in total. The maximum Gasteiger partial charge on any atom is 0.244 e. The van der Waals surface area contributed by atoms with Crippen molar-refractivity contribution in [3.05, 3.63) is 63.9 Å². The lowest BCUT2D eigenvalue weighted by Gasteiger charge is -2.33. The lowest BCUT2D eigenvalue weighted by molar-refractivity contribution is -0.140. The van der Waals surface area contributed by atoms with Gasteiger partial charge in [-0.3, -0.25) is 13.9 Å². The van der Waals surface area contributed by atoms with E-state index in [1.54, 1.807) is 6.92 Å². The third-order valence-corrected chi connectivity index (χ3v) is 6.72. The van der Waals surface area contributed by atoms with Gasteiger partial charge in [0.2, 0.25) is 21.8 Å². The summed E-state index contributed by atoms with van der Waals surface area (Å²) in [5, 5.41) is 3.15. The number of sulfonamides is 1. The molecule has 0 aliphatic rings. The number of nitrogens with zero attached hydrogens (tertiary/aromatic N) is 2. The number of carbonyl (C=O) groups is 2. The number of benzene rings is 2. The van der Waals surface area contributed by atoms with Gasteiger partial charge >= 0.3 is 0 Å². The van der Waals surface area contributed by atoms with E-state index in [2.05, 4.69) is 5.32 Å². The standard InChI is InChI=1S/C23H28Cl2FN3O4S/c1-4-12-27-23(31)20(5-2)28(14-16-6-9-18(26)10-7-16)22(30)15-29(34(3,32)33)21-11-8-17(24)13-19(21)25/h6-11,13,20H,4-5,12,14-15H2,1-3H3,(H,27,31)/t20-/m0/s1. The average Bonchev–Trinajstić information content (AvgIpc) is 2.76. The van der Waals surface area contributed by atoms with Crippen molar-refractivity contribution in [3.63, 3.8) is 0 Å². The quantitative estimate of drug-likeness (QED) is 0.469. The first-order chi connectivity index (χ1) is 16.0. The van der Waals surface area contributed by atoms with E-state index in [4.69, 9.17) is 23.2 Å². The Hall–Kier alpha value is -2.36. The van der Waals surface area contributed by atoms with Gasteiger partial charge in [0.15, 0.2) is 0 Å². The van der Waals surface area contributed by atoms with E-state index in [1.807, 2.05) is 6.92 Å². The highest BCUT2D eigenvalue weighted by atomic mass is 35.5. The van der Waals surface area contributed by atoms with Crippen molar-refractivity contribution in [2.75, 3.05) is 23.7 Å². The summed E-state index contributed by atoms with van der Waals surface area (Å²) in [4.78, 5) is 27.6. The van der Waals surface area contributed by atoms with Gasteiger partial charge in [-0.05, 0) is 48.7 Å². The molecule has 0 heterocycles. The van der Waals surface area contributed by atoms with Gasteiger partial charge in [0.1, 0.15) is 18.4 Å². The van der Waals surface area contributed by atoms with Gasteiger partial charge in [0.05, 0.1) is 17.0 Å². The number of rotatable bonds is 11. The summed E-state index contributed by atoms with van der Waals surface area (Å²) in [6.07, 6.45) is 1.97. The molecule has 0 saturated carbocycles. The Morgan fingerprint density at radius 1 is 1.09 bits per heavy atom. The fourth-order valence-electron chi connectivity index (χ4n) is 3.35. The van der Waals surface area contributed by atoms with Crippen LogP contribution >= 0.6 is 23.2 Å². The molecule has 0 bridgehead atoms. The number of hydrogen-bond donors (Lipinski definition) is 1. The minimum atomic E-state index is -3.92. The highest BCUT2D eigenvalue weighted by Gasteiger charge is 2.32. The summed E-state index contributed by atoms with van der Waals surface area (Å²) in [7, 11) is -3.92. The zero-order valence-electron chi connectivity index (χ0n) is 19.2. The number of hydrogen-bond acceptors (Lipinski definition) is 4. The predicted octanol–water partition coefficient (Wildman–Crippen LogP) is 4.23. The van der Waals surface area contributed by atoms with E-state index in [1.165, 1.54) is 47.4 Å². The van der Waals surface area contributed by atoms with Gasteiger partial charge in [-0.15, -0.1) is 0 Å². The van der Waals surface area contributed by atoms with Crippen molar-refractivity contribution in [2.45, 2.75) is 39.3 Å². The van der Waals surface area contributed by atoms with Crippen molar-refractivity contribution in [1.82, 2.24) is 10.2 Å². The molecular formula is C23H28Cl2FN3O4S. The summed E-state index contributed by atoms with van der Waals surface area (Å²) in [6.45, 7) is 3.50. The van der Waals surface area contributed by atoms with E-state index in [0.717, 1.165) is 10.6 Å². The van der Waals surface area contributed by atoms with Crippen LogP contribution in [0.1, 0.15) is 32.3 Å². The first-order valence-electron chi connectivity index (χ1n) is 10.7. The summed E-state index contributed by atoms with van der Waals surface area (Å²) >= 11 is 12.2. The van der Waals surface area contributed by atoms with E-state index >= 15 is 0 Å². The van der Waals surface area contributed by atoms with Crippen molar-refractivity contribution in [2.24, 2.45) is 0 Å². The Bertz CT molecular complexity index is 1110. The largest absolute Gasteiger partial charge is 0.354 e. The van der Waals surface area contributed by atoms with Crippen molar-refractivity contribution >= 4 is 50.7 Å². The molecule has 2 aromatic carbocycles. The molecule has 0 aromatic heterocycles. The van der Waals surface area contributed by atoms with Crippen LogP contribution in [0.4, 0.5) is 10.1 Å². The van der Waals surface area contributed by atoms with Crippen LogP contribution in [0.2, 0.25) is 10.0 Å². The third-order valence-electron chi connectivity index (χ3n) is 5.06. The molecule has 34 heavy (non-hydrogen) atoms.